The molecule has 7 atom stereocenters. The smallest absolute Gasteiger partial charge is 0.420 e. The third-order valence-corrected chi connectivity index (χ3v) is 7.67. The number of carbonyl (C=O) groups is 2. The van der Waals surface area contributed by atoms with Crippen LogP contribution in [0.2, 0.25) is 0 Å². The SMILES string of the molecule is CC(=Cc1coc(C)n1)[C@@H]1CC2OC2(C(F)(F)F)CC=C[C@H](C)[C@H](O)[C@@H](C)C(=O)C(C)(C)[C@@H](O)CC(=O)O1. The van der Waals surface area contributed by atoms with E-state index < -0.39 is 78.0 Å². The molecule has 3 heterocycles. The zero-order chi connectivity index (χ0) is 28.6. The summed E-state index contributed by atoms with van der Waals surface area (Å²) in [5.41, 5.74) is -3.06. The zero-order valence-corrected chi connectivity index (χ0v) is 22.4. The molecular formula is C27H36F3NO7. The number of fused-ring (bicyclic) bond motifs is 1. The molecular weight excluding hydrogens is 507 g/mol. The van der Waals surface area contributed by atoms with E-state index >= 15 is 0 Å². The van der Waals surface area contributed by atoms with Crippen molar-refractivity contribution in [1.82, 2.24) is 4.98 Å². The lowest BCUT2D eigenvalue weighted by atomic mass is 9.73. The molecule has 11 heteroatoms. The van der Waals surface area contributed by atoms with Gasteiger partial charge in [-0.05, 0) is 18.6 Å². The van der Waals surface area contributed by atoms with Crippen molar-refractivity contribution in [3.63, 3.8) is 0 Å². The Morgan fingerprint density at radius 2 is 1.87 bits per heavy atom. The molecule has 1 saturated heterocycles. The maximum atomic E-state index is 14.1. The maximum absolute atomic E-state index is 14.1. The van der Waals surface area contributed by atoms with Crippen LogP contribution in [-0.2, 0) is 19.1 Å². The Balaban J connectivity index is 1.98. The molecule has 0 radical (unpaired) electrons. The van der Waals surface area contributed by atoms with Crippen LogP contribution in [0.3, 0.4) is 0 Å². The van der Waals surface area contributed by atoms with Gasteiger partial charge >= 0.3 is 12.1 Å². The summed E-state index contributed by atoms with van der Waals surface area (Å²) < 4.78 is 58.3. The van der Waals surface area contributed by atoms with Crippen molar-refractivity contribution >= 4 is 17.8 Å². The average Bonchev–Trinajstić information content (AvgIpc) is 3.38. The molecule has 2 aliphatic rings. The molecule has 0 aromatic carbocycles. The number of aliphatic hydroxyl groups excluding tert-OH is 2. The Bertz CT molecular complexity index is 1090. The second-order valence-corrected chi connectivity index (χ2v) is 11.0. The lowest BCUT2D eigenvalue weighted by Gasteiger charge is -2.34. The van der Waals surface area contributed by atoms with Crippen molar-refractivity contribution in [2.75, 3.05) is 0 Å². The number of epoxide rings is 1. The molecule has 212 valence electrons. The second kappa shape index (κ2) is 10.9. The van der Waals surface area contributed by atoms with E-state index in [0.717, 1.165) is 0 Å². The van der Waals surface area contributed by atoms with Crippen molar-refractivity contribution < 1.29 is 46.9 Å². The predicted octanol–water partition coefficient (Wildman–Crippen LogP) is 4.33. The normalized spacial score (nSPS) is 35.5. The van der Waals surface area contributed by atoms with E-state index in [1.54, 1.807) is 26.8 Å². The topological polar surface area (TPSA) is 122 Å². The third-order valence-electron chi connectivity index (χ3n) is 7.67. The monoisotopic (exact) mass is 543 g/mol. The highest BCUT2D eigenvalue weighted by atomic mass is 19.4. The predicted molar refractivity (Wildman–Crippen MR) is 131 cm³/mol. The third kappa shape index (κ3) is 6.21. The van der Waals surface area contributed by atoms with Gasteiger partial charge in [-0.15, -0.1) is 0 Å². The molecule has 1 aromatic rings. The highest BCUT2D eigenvalue weighted by Gasteiger charge is 2.72. The number of oxazole rings is 1. The molecule has 2 aliphatic heterocycles. The summed E-state index contributed by atoms with van der Waals surface area (Å²) in [5.74, 6) is -2.58. The fourth-order valence-electron chi connectivity index (χ4n) is 4.85. The van der Waals surface area contributed by atoms with Crippen molar-refractivity contribution in [2.45, 2.75) is 97.0 Å². The van der Waals surface area contributed by atoms with Crippen molar-refractivity contribution in [3.05, 3.63) is 35.6 Å². The molecule has 2 N–H and O–H groups in total. The quantitative estimate of drug-likeness (QED) is 0.321. The first-order valence-electron chi connectivity index (χ1n) is 12.6. The number of aromatic nitrogens is 1. The number of esters is 1. The molecule has 8 nitrogen and oxygen atoms in total. The molecule has 0 aliphatic carbocycles. The van der Waals surface area contributed by atoms with Crippen LogP contribution in [0.5, 0.6) is 0 Å². The van der Waals surface area contributed by atoms with E-state index in [2.05, 4.69) is 4.98 Å². The van der Waals surface area contributed by atoms with E-state index in [1.807, 2.05) is 0 Å². The Hall–Kier alpha value is -2.50. The second-order valence-electron chi connectivity index (χ2n) is 11.0. The summed E-state index contributed by atoms with van der Waals surface area (Å²) in [6.07, 6.45) is -5.49. The number of nitrogens with zero attached hydrogens (tertiary/aromatic N) is 1. The summed E-state index contributed by atoms with van der Waals surface area (Å²) in [7, 11) is 0. The Morgan fingerprint density at radius 1 is 1.21 bits per heavy atom. The number of alkyl halides is 3. The van der Waals surface area contributed by atoms with E-state index in [1.165, 1.54) is 39.2 Å². The fourth-order valence-corrected chi connectivity index (χ4v) is 4.85. The van der Waals surface area contributed by atoms with Crippen molar-refractivity contribution in [1.29, 1.82) is 0 Å². The van der Waals surface area contributed by atoms with Crippen LogP contribution in [0.4, 0.5) is 13.2 Å². The Kier molecular flexibility index (Phi) is 8.65. The van der Waals surface area contributed by atoms with Crippen molar-refractivity contribution in [3.8, 4) is 0 Å². The van der Waals surface area contributed by atoms with Gasteiger partial charge < -0.3 is 24.1 Å². The number of Topliss-reactive ketones (excluding diaryl/α,β-unsaturated/α-hetero) is 1. The van der Waals surface area contributed by atoms with Gasteiger partial charge in [-0.1, -0.05) is 39.8 Å². The molecule has 0 amide bonds. The molecule has 3 rings (SSSR count). The van der Waals surface area contributed by atoms with Gasteiger partial charge in [-0.25, -0.2) is 4.98 Å². The van der Waals surface area contributed by atoms with Gasteiger partial charge in [0.2, 0.25) is 0 Å². The number of ether oxygens (including phenoxy) is 2. The van der Waals surface area contributed by atoms with Crippen LogP contribution in [0.15, 0.2) is 28.4 Å². The van der Waals surface area contributed by atoms with Gasteiger partial charge in [-0.2, -0.15) is 13.2 Å². The summed E-state index contributed by atoms with van der Waals surface area (Å²) in [6, 6.07) is 0. The highest BCUT2D eigenvalue weighted by Crippen LogP contribution is 2.54. The summed E-state index contributed by atoms with van der Waals surface area (Å²) in [6.45, 7) is 9.26. The number of hydrogen-bond donors (Lipinski definition) is 2. The fraction of sp³-hybridized carbons (Fsp3) is 0.667. The first-order chi connectivity index (χ1) is 17.5. The minimum absolute atomic E-state index is 0.286. The van der Waals surface area contributed by atoms with Gasteiger partial charge in [0.05, 0.1) is 24.0 Å². The number of carbonyl (C=O) groups excluding carboxylic acids is 2. The molecule has 0 saturated carbocycles. The highest BCUT2D eigenvalue weighted by molar-refractivity contribution is 5.88. The maximum Gasteiger partial charge on any atom is 0.420 e. The first kappa shape index (κ1) is 30.0. The summed E-state index contributed by atoms with van der Waals surface area (Å²) >= 11 is 0. The summed E-state index contributed by atoms with van der Waals surface area (Å²) in [5, 5.41) is 21.5. The number of aryl methyl sites for hydroxylation is 1. The molecule has 0 bridgehead atoms. The van der Waals surface area contributed by atoms with Crippen LogP contribution < -0.4 is 0 Å². The number of ketones is 1. The lowest BCUT2D eigenvalue weighted by molar-refractivity contribution is -0.183. The van der Waals surface area contributed by atoms with Crippen LogP contribution in [0.25, 0.3) is 6.08 Å². The number of halogens is 3. The molecule has 0 spiro atoms. The lowest BCUT2D eigenvalue weighted by Crippen LogP contribution is -2.45. The Labute approximate surface area is 219 Å². The largest absolute Gasteiger partial charge is 0.458 e. The van der Waals surface area contributed by atoms with Gasteiger partial charge in [0, 0.05) is 31.6 Å². The summed E-state index contributed by atoms with van der Waals surface area (Å²) in [4.78, 5) is 30.2. The molecule has 2 unspecified atom stereocenters. The number of rotatable bonds is 2. The molecule has 38 heavy (non-hydrogen) atoms. The Morgan fingerprint density at radius 3 is 2.45 bits per heavy atom. The van der Waals surface area contributed by atoms with Crippen LogP contribution in [0, 0.1) is 24.2 Å². The number of hydrogen-bond acceptors (Lipinski definition) is 8. The van der Waals surface area contributed by atoms with E-state index in [4.69, 9.17) is 13.9 Å². The zero-order valence-electron chi connectivity index (χ0n) is 22.4. The van der Waals surface area contributed by atoms with Gasteiger partial charge in [-0.3, -0.25) is 9.59 Å². The first-order valence-corrected chi connectivity index (χ1v) is 12.6. The van der Waals surface area contributed by atoms with Crippen molar-refractivity contribution in [2.24, 2.45) is 17.3 Å². The average molecular weight is 544 g/mol. The van der Waals surface area contributed by atoms with Gasteiger partial charge in [0.1, 0.15) is 29.9 Å². The van der Waals surface area contributed by atoms with Crippen LogP contribution in [-0.4, -0.2) is 63.1 Å². The van der Waals surface area contributed by atoms with E-state index in [0.29, 0.717) is 17.2 Å². The van der Waals surface area contributed by atoms with E-state index in [-0.39, 0.29) is 6.42 Å². The van der Waals surface area contributed by atoms with Gasteiger partial charge in [0.25, 0.3) is 0 Å². The van der Waals surface area contributed by atoms with Crippen LogP contribution >= 0.6 is 0 Å². The number of cyclic esters (lactones) is 1. The van der Waals surface area contributed by atoms with Gasteiger partial charge in [0.15, 0.2) is 11.5 Å². The standard InChI is InChI=1S/C27H36F3NO7/c1-14-8-7-9-26(27(28,29)30)21(38-26)11-19(15(2)10-18-13-36-17(4)31-18)37-22(33)12-20(32)25(5,6)24(35)16(3)23(14)34/h7-8,10,13-14,16,19-21,23,32,34H,9,11-12H2,1-6H3/t14-,16+,19-,20-,21?,23-,26?/m0/s1. The van der Waals surface area contributed by atoms with E-state index in [9.17, 15) is 33.0 Å². The minimum Gasteiger partial charge on any atom is -0.458 e. The number of aliphatic hydroxyl groups is 2. The molecule has 1 aromatic heterocycles. The van der Waals surface area contributed by atoms with Crippen LogP contribution in [0.1, 0.15) is 65.5 Å². The minimum atomic E-state index is -4.70. The molecule has 1 fully saturated rings.